The first kappa shape index (κ1) is 12.5. The lowest BCUT2D eigenvalue weighted by Crippen LogP contribution is -2.31. The zero-order valence-corrected chi connectivity index (χ0v) is 9.93. The Labute approximate surface area is 96.0 Å². The molecule has 88 valence electrons. The smallest absolute Gasteiger partial charge is 0.252 e. The van der Waals surface area contributed by atoms with E-state index in [2.05, 4.69) is 0 Å². The van der Waals surface area contributed by atoms with Gasteiger partial charge in [-0.3, -0.25) is 4.79 Å². The third kappa shape index (κ3) is 3.24. The number of likely N-dealkylation sites (N-methyl/N-ethyl adjacent to an activating group) is 1. The summed E-state index contributed by atoms with van der Waals surface area (Å²) in [4.78, 5) is 13.3. The Bertz CT molecular complexity index is 364. The number of nitrogens with zero attached hydrogens (tertiary/aromatic N) is 1. The van der Waals surface area contributed by atoms with Gasteiger partial charge >= 0.3 is 0 Å². The van der Waals surface area contributed by atoms with Gasteiger partial charge in [0.2, 0.25) is 0 Å². The average Bonchev–Trinajstić information content (AvgIpc) is 2.25. The van der Waals surface area contributed by atoms with Crippen molar-refractivity contribution in [3.8, 4) is 0 Å². The summed E-state index contributed by atoms with van der Waals surface area (Å²) in [5.74, 6) is -0.105. The largest absolute Gasteiger partial charge is 0.397 e. The van der Waals surface area contributed by atoms with Crippen molar-refractivity contribution in [1.82, 2.24) is 0 Å². The number of nitrogen functional groups attached to an aromatic ring is 1. The highest BCUT2D eigenvalue weighted by Gasteiger charge is 2.13. The fraction of sp³-hybridized carbons (Fsp3) is 0.417. The lowest BCUT2D eigenvalue weighted by atomic mass is 10.2. The molecule has 0 fully saturated rings. The Morgan fingerprint density at radius 3 is 2.62 bits per heavy atom. The zero-order valence-electron chi connectivity index (χ0n) is 9.93. The maximum absolute atomic E-state index is 11.7. The highest BCUT2D eigenvalue weighted by molar-refractivity contribution is 5.96. The first-order valence-corrected chi connectivity index (χ1v) is 5.25. The molecule has 2 N–H and O–H groups in total. The minimum Gasteiger partial charge on any atom is -0.397 e. The van der Waals surface area contributed by atoms with Crippen molar-refractivity contribution in [3.05, 3.63) is 24.3 Å². The number of para-hydroxylation sites is 2. The summed E-state index contributed by atoms with van der Waals surface area (Å²) in [6.07, 6.45) is 0.0467. The fourth-order valence-electron chi connectivity index (χ4n) is 1.26. The van der Waals surface area contributed by atoms with Gasteiger partial charge in [0, 0.05) is 7.05 Å². The molecule has 0 atom stereocenters. The summed E-state index contributed by atoms with van der Waals surface area (Å²) in [6.45, 7) is 3.86. The molecule has 4 heteroatoms. The molecular formula is C12H18N2O2. The molecule has 0 heterocycles. The van der Waals surface area contributed by atoms with Crippen molar-refractivity contribution in [2.75, 3.05) is 24.3 Å². The van der Waals surface area contributed by atoms with Gasteiger partial charge in [0.05, 0.1) is 17.5 Å². The Balaban J connectivity index is 2.67. The molecule has 0 aliphatic heterocycles. The molecule has 0 aliphatic rings. The van der Waals surface area contributed by atoms with Crippen LogP contribution >= 0.6 is 0 Å². The highest BCUT2D eigenvalue weighted by Crippen LogP contribution is 2.20. The third-order valence-corrected chi connectivity index (χ3v) is 2.21. The monoisotopic (exact) mass is 222 g/mol. The Morgan fingerprint density at radius 2 is 2.06 bits per heavy atom. The molecule has 1 amide bonds. The summed E-state index contributed by atoms with van der Waals surface area (Å²) >= 11 is 0. The number of ether oxygens (including phenoxy) is 1. The number of anilines is 2. The van der Waals surface area contributed by atoms with E-state index in [0.29, 0.717) is 11.4 Å². The summed E-state index contributed by atoms with van der Waals surface area (Å²) in [5, 5.41) is 0. The molecule has 1 aromatic rings. The van der Waals surface area contributed by atoms with Crippen LogP contribution in [0.25, 0.3) is 0 Å². The van der Waals surface area contributed by atoms with Crippen LogP contribution in [-0.4, -0.2) is 25.7 Å². The van der Waals surface area contributed by atoms with Crippen LogP contribution in [0.4, 0.5) is 11.4 Å². The molecule has 0 aromatic heterocycles. The number of amides is 1. The summed E-state index contributed by atoms with van der Waals surface area (Å²) < 4.78 is 5.25. The van der Waals surface area contributed by atoms with E-state index < -0.39 is 0 Å². The van der Waals surface area contributed by atoms with Crippen molar-refractivity contribution in [1.29, 1.82) is 0 Å². The first-order chi connectivity index (χ1) is 7.52. The van der Waals surface area contributed by atoms with Crippen molar-refractivity contribution in [3.63, 3.8) is 0 Å². The molecule has 0 aliphatic carbocycles. The third-order valence-electron chi connectivity index (χ3n) is 2.21. The Kier molecular flexibility index (Phi) is 4.31. The molecule has 1 rings (SSSR count). The number of rotatable bonds is 4. The van der Waals surface area contributed by atoms with E-state index in [9.17, 15) is 4.79 Å². The predicted molar refractivity (Wildman–Crippen MR) is 65.4 cm³/mol. The van der Waals surface area contributed by atoms with Crippen molar-refractivity contribution in [2.24, 2.45) is 0 Å². The summed E-state index contributed by atoms with van der Waals surface area (Å²) in [7, 11) is 1.69. The standard InChI is InChI=1S/C12H18N2O2/c1-9(2)16-8-12(15)14(3)11-7-5-4-6-10(11)13/h4-7,9H,8,13H2,1-3H3. The van der Waals surface area contributed by atoms with E-state index >= 15 is 0 Å². The molecular weight excluding hydrogens is 204 g/mol. The van der Waals surface area contributed by atoms with Crippen LogP contribution in [-0.2, 0) is 9.53 Å². The van der Waals surface area contributed by atoms with Crippen molar-refractivity contribution >= 4 is 17.3 Å². The van der Waals surface area contributed by atoms with Crippen LogP contribution in [0.5, 0.6) is 0 Å². The number of carbonyl (C=O) groups excluding carboxylic acids is 1. The van der Waals surface area contributed by atoms with E-state index in [1.165, 1.54) is 4.90 Å². The predicted octanol–water partition coefficient (Wildman–Crippen LogP) is 1.66. The van der Waals surface area contributed by atoms with Crippen LogP contribution in [0.15, 0.2) is 24.3 Å². The zero-order chi connectivity index (χ0) is 12.1. The number of carbonyl (C=O) groups is 1. The second-order valence-electron chi connectivity index (χ2n) is 3.87. The molecule has 16 heavy (non-hydrogen) atoms. The number of hydrogen-bond acceptors (Lipinski definition) is 3. The minimum atomic E-state index is -0.105. The van der Waals surface area contributed by atoms with Crippen molar-refractivity contribution in [2.45, 2.75) is 20.0 Å². The lowest BCUT2D eigenvalue weighted by Gasteiger charge is -2.19. The van der Waals surface area contributed by atoms with Crippen LogP contribution in [0.2, 0.25) is 0 Å². The van der Waals surface area contributed by atoms with Crippen LogP contribution < -0.4 is 10.6 Å². The number of hydrogen-bond donors (Lipinski definition) is 1. The summed E-state index contributed by atoms with van der Waals surface area (Å²) in [5.41, 5.74) is 7.07. The lowest BCUT2D eigenvalue weighted by molar-refractivity contribution is -0.124. The molecule has 0 radical (unpaired) electrons. The van der Waals surface area contributed by atoms with Gasteiger partial charge in [-0.05, 0) is 26.0 Å². The van der Waals surface area contributed by atoms with E-state index in [4.69, 9.17) is 10.5 Å². The fourth-order valence-corrected chi connectivity index (χ4v) is 1.26. The highest BCUT2D eigenvalue weighted by atomic mass is 16.5. The SMILES string of the molecule is CC(C)OCC(=O)N(C)c1ccccc1N. The maximum atomic E-state index is 11.7. The van der Waals surface area contributed by atoms with Crippen LogP contribution in [0, 0.1) is 0 Å². The molecule has 0 unspecified atom stereocenters. The Hall–Kier alpha value is -1.55. The van der Waals surface area contributed by atoms with Gasteiger partial charge in [-0.2, -0.15) is 0 Å². The number of nitrogens with two attached hydrogens (primary N) is 1. The molecule has 0 spiro atoms. The van der Waals surface area contributed by atoms with Gasteiger partial charge in [-0.25, -0.2) is 0 Å². The topological polar surface area (TPSA) is 55.6 Å². The van der Waals surface area contributed by atoms with E-state index in [1.54, 1.807) is 13.1 Å². The Morgan fingerprint density at radius 1 is 1.44 bits per heavy atom. The first-order valence-electron chi connectivity index (χ1n) is 5.25. The van der Waals surface area contributed by atoms with E-state index in [1.807, 2.05) is 32.0 Å². The van der Waals surface area contributed by atoms with Gasteiger partial charge in [0.25, 0.3) is 5.91 Å². The van der Waals surface area contributed by atoms with E-state index in [-0.39, 0.29) is 18.6 Å². The molecule has 0 saturated heterocycles. The maximum Gasteiger partial charge on any atom is 0.252 e. The van der Waals surface area contributed by atoms with Gasteiger partial charge in [0.1, 0.15) is 6.61 Å². The average molecular weight is 222 g/mol. The quantitative estimate of drug-likeness (QED) is 0.788. The summed E-state index contributed by atoms with van der Waals surface area (Å²) in [6, 6.07) is 7.26. The number of benzene rings is 1. The van der Waals surface area contributed by atoms with Crippen molar-refractivity contribution < 1.29 is 9.53 Å². The van der Waals surface area contributed by atoms with Gasteiger partial charge < -0.3 is 15.4 Å². The second-order valence-corrected chi connectivity index (χ2v) is 3.87. The molecule has 0 saturated carbocycles. The van der Waals surface area contributed by atoms with Crippen LogP contribution in [0.3, 0.4) is 0 Å². The van der Waals surface area contributed by atoms with Gasteiger partial charge in [-0.1, -0.05) is 12.1 Å². The van der Waals surface area contributed by atoms with Gasteiger partial charge in [0.15, 0.2) is 0 Å². The minimum absolute atomic E-state index is 0.0467. The molecule has 1 aromatic carbocycles. The van der Waals surface area contributed by atoms with Crippen LogP contribution in [0.1, 0.15) is 13.8 Å². The second kappa shape index (κ2) is 5.51. The molecule has 4 nitrogen and oxygen atoms in total. The van der Waals surface area contributed by atoms with Gasteiger partial charge in [-0.15, -0.1) is 0 Å². The molecule has 0 bridgehead atoms. The van der Waals surface area contributed by atoms with E-state index in [0.717, 1.165) is 0 Å². The normalized spacial score (nSPS) is 10.5.